The van der Waals surface area contributed by atoms with Crippen molar-refractivity contribution in [2.45, 2.75) is 26.3 Å². The van der Waals surface area contributed by atoms with Crippen LogP contribution in [0, 0.1) is 0 Å². The molecular formula is C12H18ClN. The Morgan fingerprint density at radius 2 is 1.86 bits per heavy atom. The van der Waals surface area contributed by atoms with Crippen LogP contribution in [-0.4, -0.2) is 12.4 Å². The van der Waals surface area contributed by atoms with Gasteiger partial charge in [-0.25, -0.2) is 0 Å². The number of nitrogens with one attached hydrogen (secondary N) is 1. The molecule has 0 fully saturated rings. The predicted molar refractivity (Wildman–Crippen MR) is 63.0 cm³/mol. The quantitative estimate of drug-likeness (QED) is 0.583. The van der Waals surface area contributed by atoms with E-state index < -0.39 is 0 Å². The minimum atomic E-state index is 0.611. The van der Waals surface area contributed by atoms with Gasteiger partial charge in [-0.05, 0) is 17.0 Å². The zero-order valence-corrected chi connectivity index (χ0v) is 9.64. The van der Waals surface area contributed by atoms with E-state index in [1.54, 1.807) is 0 Å². The van der Waals surface area contributed by atoms with Gasteiger partial charge in [0.05, 0.1) is 0 Å². The summed E-state index contributed by atoms with van der Waals surface area (Å²) in [6.45, 7) is 6.19. The van der Waals surface area contributed by atoms with Gasteiger partial charge in [0.15, 0.2) is 0 Å². The lowest BCUT2D eigenvalue weighted by Gasteiger charge is -2.07. The standard InChI is InChI=1S/C12H18ClN/c1-10(2)12-5-3-11(4-6-12)9-14-8-7-13/h3-6,10,14H,7-9H2,1-2H3. The van der Waals surface area contributed by atoms with E-state index in [9.17, 15) is 0 Å². The van der Waals surface area contributed by atoms with Crippen LogP contribution < -0.4 is 5.32 Å². The highest BCUT2D eigenvalue weighted by Gasteiger charge is 1.98. The maximum Gasteiger partial charge on any atom is 0.0348 e. The number of alkyl halides is 1. The molecule has 0 atom stereocenters. The van der Waals surface area contributed by atoms with Crippen molar-refractivity contribution in [3.8, 4) is 0 Å². The largest absolute Gasteiger partial charge is 0.311 e. The van der Waals surface area contributed by atoms with Crippen LogP contribution in [0.15, 0.2) is 24.3 Å². The second kappa shape index (κ2) is 6.05. The number of benzene rings is 1. The lowest BCUT2D eigenvalue weighted by Crippen LogP contribution is -2.15. The molecule has 0 saturated heterocycles. The van der Waals surface area contributed by atoms with Crippen LogP contribution in [0.2, 0.25) is 0 Å². The molecule has 0 spiro atoms. The number of rotatable bonds is 5. The third-order valence-corrected chi connectivity index (χ3v) is 2.44. The predicted octanol–water partition coefficient (Wildman–Crippen LogP) is 3.14. The summed E-state index contributed by atoms with van der Waals surface area (Å²) < 4.78 is 0. The molecule has 78 valence electrons. The van der Waals surface area contributed by atoms with Gasteiger partial charge in [-0.3, -0.25) is 0 Å². The Labute approximate surface area is 91.5 Å². The molecule has 1 rings (SSSR count). The minimum Gasteiger partial charge on any atom is -0.311 e. The molecule has 0 aliphatic rings. The summed E-state index contributed by atoms with van der Waals surface area (Å²) in [4.78, 5) is 0. The van der Waals surface area contributed by atoms with E-state index in [-0.39, 0.29) is 0 Å². The molecule has 2 heteroatoms. The molecule has 0 aliphatic carbocycles. The van der Waals surface area contributed by atoms with Crippen LogP contribution in [-0.2, 0) is 6.54 Å². The highest BCUT2D eigenvalue weighted by atomic mass is 35.5. The molecular weight excluding hydrogens is 194 g/mol. The van der Waals surface area contributed by atoms with Crippen molar-refractivity contribution in [1.82, 2.24) is 5.32 Å². The summed E-state index contributed by atoms with van der Waals surface area (Å²) in [6.07, 6.45) is 0. The van der Waals surface area contributed by atoms with Gasteiger partial charge in [0.1, 0.15) is 0 Å². The van der Waals surface area contributed by atoms with Crippen molar-refractivity contribution in [3.63, 3.8) is 0 Å². The molecule has 0 amide bonds. The molecule has 0 unspecified atom stereocenters. The Hall–Kier alpha value is -0.530. The third-order valence-electron chi connectivity index (χ3n) is 2.25. The molecule has 0 aliphatic heterocycles. The van der Waals surface area contributed by atoms with Crippen LogP contribution in [0.1, 0.15) is 30.9 Å². The molecule has 1 nitrogen and oxygen atoms in total. The Balaban J connectivity index is 2.47. The van der Waals surface area contributed by atoms with E-state index in [0.717, 1.165) is 13.1 Å². The average Bonchev–Trinajstić information content (AvgIpc) is 2.19. The normalized spacial score (nSPS) is 10.9. The van der Waals surface area contributed by atoms with Gasteiger partial charge in [-0.1, -0.05) is 38.1 Å². The summed E-state index contributed by atoms with van der Waals surface area (Å²) in [5.41, 5.74) is 2.71. The molecule has 0 saturated carbocycles. The zero-order valence-electron chi connectivity index (χ0n) is 8.89. The van der Waals surface area contributed by atoms with E-state index in [1.165, 1.54) is 11.1 Å². The summed E-state index contributed by atoms with van der Waals surface area (Å²) in [5, 5.41) is 3.27. The van der Waals surface area contributed by atoms with Crippen LogP contribution in [0.4, 0.5) is 0 Å². The first-order valence-electron chi connectivity index (χ1n) is 5.09. The monoisotopic (exact) mass is 211 g/mol. The van der Waals surface area contributed by atoms with Crippen molar-refractivity contribution in [2.75, 3.05) is 12.4 Å². The lowest BCUT2D eigenvalue weighted by atomic mass is 10.0. The van der Waals surface area contributed by atoms with Crippen LogP contribution in [0.3, 0.4) is 0 Å². The topological polar surface area (TPSA) is 12.0 Å². The van der Waals surface area contributed by atoms with E-state index >= 15 is 0 Å². The van der Waals surface area contributed by atoms with Crippen molar-refractivity contribution in [3.05, 3.63) is 35.4 Å². The van der Waals surface area contributed by atoms with Gasteiger partial charge in [0, 0.05) is 19.0 Å². The minimum absolute atomic E-state index is 0.611. The van der Waals surface area contributed by atoms with Crippen LogP contribution in [0.5, 0.6) is 0 Å². The third kappa shape index (κ3) is 3.69. The second-order valence-corrected chi connectivity index (χ2v) is 4.14. The number of hydrogen-bond acceptors (Lipinski definition) is 1. The highest BCUT2D eigenvalue weighted by molar-refractivity contribution is 6.18. The summed E-state index contributed by atoms with van der Waals surface area (Å²) in [7, 11) is 0. The van der Waals surface area contributed by atoms with E-state index in [4.69, 9.17) is 11.6 Å². The fraction of sp³-hybridized carbons (Fsp3) is 0.500. The fourth-order valence-corrected chi connectivity index (χ4v) is 1.45. The Kier molecular flexibility index (Phi) is 4.99. The number of hydrogen-bond donors (Lipinski definition) is 1. The van der Waals surface area contributed by atoms with Gasteiger partial charge in [0.25, 0.3) is 0 Å². The van der Waals surface area contributed by atoms with Crippen molar-refractivity contribution in [2.24, 2.45) is 0 Å². The number of halogens is 1. The van der Waals surface area contributed by atoms with Crippen molar-refractivity contribution in [1.29, 1.82) is 0 Å². The smallest absolute Gasteiger partial charge is 0.0348 e. The first kappa shape index (κ1) is 11.5. The van der Waals surface area contributed by atoms with E-state index in [1.807, 2.05) is 0 Å². The molecule has 1 aromatic rings. The van der Waals surface area contributed by atoms with Gasteiger partial charge < -0.3 is 5.32 Å². The maximum atomic E-state index is 5.57. The summed E-state index contributed by atoms with van der Waals surface area (Å²) in [5.74, 6) is 1.28. The highest BCUT2D eigenvalue weighted by Crippen LogP contribution is 2.14. The van der Waals surface area contributed by atoms with Gasteiger partial charge in [-0.2, -0.15) is 0 Å². The Morgan fingerprint density at radius 3 is 2.36 bits per heavy atom. The van der Waals surface area contributed by atoms with Gasteiger partial charge in [-0.15, -0.1) is 11.6 Å². The summed E-state index contributed by atoms with van der Waals surface area (Å²) in [6, 6.07) is 8.75. The fourth-order valence-electron chi connectivity index (χ4n) is 1.32. The molecule has 0 heterocycles. The zero-order chi connectivity index (χ0) is 10.4. The molecule has 0 bridgehead atoms. The van der Waals surface area contributed by atoms with Crippen LogP contribution >= 0.6 is 11.6 Å². The molecule has 0 aromatic heterocycles. The van der Waals surface area contributed by atoms with Crippen molar-refractivity contribution >= 4 is 11.6 Å². The molecule has 1 aromatic carbocycles. The van der Waals surface area contributed by atoms with Crippen molar-refractivity contribution < 1.29 is 0 Å². The molecule has 1 N–H and O–H groups in total. The maximum absolute atomic E-state index is 5.57. The first-order chi connectivity index (χ1) is 6.74. The first-order valence-corrected chi connectivity index (χ1v) is 5.63. The Bertz CT molecular complexity index is 254. The second-order valence-electron chi connectivity index (χ2n) is 3.76. The van der Waals surface area contributed by atoms with Gasteiger partial charge in [0.2, 0.25) is 0 Å². The molecule has 0 radical (unpaired) electrons. The van der Waals surface area contributed by atoms with E-state index in [0.29, 0.717) is 11.8 Å². The van der Waals surface area contributed by atoms with E-state index in [2.05, 4.69) is 43.4 Å². The van der Waals surface area contributed by atoms with Crippen LogP contribution in [0.25, 0.3) is 0 Å². The summed E-state index contributed by atoms with van der Waals surface area (Å²) >= 11 is 5.57. The van der Waals surface area contributed by atoms with Gasteiger partial charge >= 0.3 is 0 Å². The average molecular weight is 212 g/mol. The Morgan fingerprint density at radius 1 is 1.21 bits per heavy atom. The lowest BCUT2D eigenvalue weighted by molar-refractivity contribution is 0.729. The SMILES string of the molecule is CC(C)c1ccc(CNCCCl)cc1. The molecule has 14 heavy (non-hydrogen) atoms.